The molecule has 0 aliphatic carbocycles. The van der Waals surface area contributed by atoms with Crippen LogP contribution in [0, 0.1) is 0 Å². The third kappa shape index (κ3) is 2.69. The lowest BCUT2D eigenvalue weighted by atomic mass is 10.2. The van der Waals surface area contributed by atoms with E-state index in [1.807, 2.05) is 37.0 Å². The van der Waals surface area contributed by atoms with Crippen molar-refractivity contribution in [2.45, 2.75) is 6.92 Å². The minimum absolute atomic E-state index is 0.648. The van der Waals surface area contributed by atoms with Gasteiger partial charge in [-0.15, -0.1) is 10.2 Å². The van der Waals surface area contributed by atoms with Crippen molar-refractivity contribution in [1.29, 1.82) is 0 Å². The summed E-state index contributed by atoms with van der Waals surface area (Å²) in [5.41, 5.74) is 10.2. The van der Waals surface area contributed by atoms with E-state index in [1.54, 1.807) is 11.7 Å². The van der Waals surface area contributed by atoms with Gasteiger partial charge in [-0.2, -0.15) is 0 Å². The Hall–Kier alpha value is -2.52. The van der Waals surface area contributed by atoms with Crippen LogP contribution in [-0.4, -0.2) is 31.6 Å². The van der Waals surface area contributed by atoms with Crippen LogP contribution in [0.15, 0.2) is 30.3 Å². The van der Waals surface area contributed by atoms with Crippen LogP contribution in [0.1, 0.15) is 12.6 Å². The number of aromatic nitrogens is 5. The highest BCUT2D eigenvalue weighted by Crippen LogP contribution is 2.22. The standard InChI is InChI=1S/C12H14N8S/c1-8(5-16-13-2)9-6-15-11-10(14-3-4-20(9)11)18-12-19-17-7-21-12/h3-7,13,16H,1-2H3,(H,14,18,19)/b8-5+. The summed E-state index contributed by atoms with van der Waals surface area (Å²) in [6, 6.07) is 0. The molecule has 0 unspecified atom stereocenters. The maximum atomic E-state index is 4.43. The van der Waals surface area contributed by atoms with Crippen molar-refractivity contribution in [3.05, 3.63) is 36.0 Å². The maximum Gasteiger partial charge on any atom is 0.211 e. The molecule has 0 spiro atoms. The number of rotatable bonds is 5. The van der Waals surface area contributed by atoms with Crippen LogP contribution in [0.25, 0.3) is 11.2 Å². The second-order valence-electron chi connectivity index (χ2n) is 4.20. The predicted octanol–water partition coefficient (Wildman–Crippen LogP) is 1.41. The van der Waals surface area contributed by atoms with Crippen molar-refractivity contribution in [3.63, 3.8) is 0 Å². The lowest BCUT2D eigenvalue weighted by Gasteiger charge is -2.06. The number of anilines is 2. The smallest absolute Gasteiger partial charge is 0.211 e. The fourth-order valence-electron chi connectivity index (χ4n) is 1.88. The van der Waals surface area contributed by atoms with Gasteiger partial charge in [0.1, 0.15) is 5.51 Å². The second kappa shape index (κ2) is 5.85. The number of nitrogens with one attached hydrogen (secondary N) is 3. The van der Waals surface area contributed by atoms with E-state index in [0.29, 0.717) is 10.9 Å². The van der Waals surface area contributed by atoms with E-state index >= 15 is 0 Å². The van der Waals surface area contributed by atoms with Gasteiger partial charge in [-0.1, -0.05) is 11.3 Å². The predicted molar refractivity (Wildman–Crippen MR) is 82.0 cm³/mol. The molecule has 3 rings (SSSR count). The Kier molecular flexibility index (Phi) is 3.75. The molecule has 0 fully saturated rings. The van der Waals surface area contributed by atoms with Gasteiger partial charge in [-0.25, -0.2) is 15.4 Å². The summed E-state index contributed by atoms with van der Waals surface area (Å²) >= 11 is 1.41. The quantitative estimate of drug-likeness (QED) is 0.614. The van der Waals surface area contributed by atoms with Crippen molar-refractivity contribution < 1.29 is 0 Å². The van der Waals surface area contributed by atoms with Gasteiger partial charge in [0, 0.05) is 25.6 Å². The maximum absolute atomic E-state index is 4.43. The zero-order valence-electron chi connectivity index (χ0n) is 11.5. The molecule has 0 saturated heterocycles. The van der Waals surface area contributed by atoms with E-state index in [2.05, 4.69) is 36.3 Å². The first kappa shape index (κ1) is 13.5. The van der Waals surface area contributed by atoms with E-state index < -0.39 is 0 Å². The number of hydrogen-bond acceptors (Lipinski definition) is 8. The molecule has 9 heteroatoms. The summed E-state index contributed by atoms with van der Waals surface area (Å²) in [5, 5.41) is 11.6. The highest BCUT2D eigenvalue weighted by atomic mass is 32.1. The monoisotopic (exact) mass is 302 g/mol. The molecule has 0 amide bonds. The van der Waals surface area contributed by atoms with Gasteiger partial charge in [-0.05, 0) is 12.5 Å². The van der Waals surface area contributed by atoms with Gasteiger partial charge in [0.05, 0.1) is 11.9 Å². The number of imidazole rings is 1. The molecule has 0 aliphatic rings. The molecule has 0 radical (unpaired) electrons. The summed E-state index contributed by atoms with van der Waals surface area (Å²) in [7, 11) is 1.81. The first-order valence-electron chi connectivity index (χ1n) is 6.24. The Balaban J connectivity index is 2.00. The average Bonchev–Trinajstić information content (AvgIpc) is 3.14. The molecule has 8 nitrogen and oxygen atoms in total. The molecule has 0 saturated carbocycles. The normalized spacial score (nSPS) is 11.8. The van der Waals surface area contributed by atoms with Crippen LogP contribution < -0.4 is 16.2 Å². The third-order valence-corrected chi connectivity index (χ3v) is 3.46. The van der Waals surface area contributed by atoms with E-state index in [9.17, 15) is 0 Å². The molecule has 3 heterocycles. The van der Waals surface area contributed by atoms with Crippen molar-refractivity contribution in [1.82, 2.24) is 35.4 Å². The van der Waals surface area contributed by atoms with Gasteiger partial charge in [0.2, 0.25) is 5.13 Å². The Morgan fingerprint density at radius 3 is 3.05 bits per heavy atom. The summed E-state index contributed by atoms with van der Waals surface area (Å²) < 4.78 is 1.97. The SMILES string of the molecule is CNN/C=C(\C)c1cnc2c(Nc3nncs3)nccn12. The Morgan fingerprint density at radius 1 is 1.38 bits per heavy atom. The zero-order chi connectivity index (χ0) is 14.7. The Labute approximate surface area is 124 Å². The van der Waals surface area contributed by atoms with Crippen LogP contribution in [0.4, 0.5) is 10.9 Å². The van der Waals surface area contributed by atoms with Gasteiger partial charge >= 0.3 is 0 Å². The molecule has 0 bridgehead atoms. The first-order valence-corrected chi connectivity index (χ1v) is 7.12. The molecule has 3 aromatic heterocycles. The van der Waals surface area contributed by atoms with Crippen LogP contribution in [0.3, 0.4) is 0 Å². The highest BCUT2D eigenvalue weighted by Gasteiger charge is 2.10. The molecular weight excluding hydrogens is 288 g/mol. The van der Waals surface area contributed by atoms with E-state index in [-0.39, 0.29) is 0 Å². The van der Waals surface area contributed by atoms with E-state index in [1.165, 1.54) is 11.3 Å². The van der Waals surface area contributed by atoms with Crippen molar-refractivity contribution in [3.8, 4) is 0 Å². The molecule has 0 aliphatic heterocycles. The molecule has 21 heavy (non-hydrogen) atoms. The lowest BCUT2D eigenvalue weighted by molar-refractivity contribution is 0.731. The van der Waals surface area contributed by atoms with E-state index in [0.717, 1.165) is 16.9 Å². The minimum Gasteiger partial charge on any atom is -0.329 e. The molecule has 0 atom stereocenters. The van der Waals surface area contributed by atoms with Gasteiger partial charge in [0.25, 0.3) is 0 Å². The first-order chi connectivity index (χ1) is 10.3. The summed E-state index contributed by atoms with van der Waals surface area (Å²) in [4.78, 5) is 8.75. The summed E-state index contributed by atoms with van der Waals surface area (Å²) in [5.74, 6) is 0.648. The van der Waals surface area contributed by atoms with Crippen LogP contribution in [0.5, 0.6) is 0 Å². The van der Waals surface area contributed by atoms with Gasteiger partial charge < -0.3 is 10.7 Å². The highest BCUT2D eigenvalue weighted by molar-refractivity contribution is 7.13. The summed E-state index contributed by atoms with van der Waals surface area (Å²) in [6.07, 6.45) is 7.28. The molecular formula is C12H14N8S. The lowest BCUT2D eigenvalue weighted by Crippen LogP contribution is -2.21. The van der Waals surface area contributed by atoms with Gasteiger partial charge in [-0.3, -0.25) is 4.40 Å². The second-order valence-corrected chi connectivity index (χ2v) is 5.04. The van der Waals surface area contributed by atoms with Crippen LogP contribution in [0.2, 0.25) is 0 Å². The Morgan fingerprint density at radius 2 is 2.29 bits per heavy atom. The minimum atomic E-state index is 0.648. The van der Waals surface area contributed by atoms with Crippen molar-refractivity contribution in [2.75, 3.05) is 12.4 Å². The van der Waals surface area contributed by atoms with Gasteiger partial charge in [0.15, 0.2) is 11.5 Å². The topological polar surface area (TPSA) is 92.1 Å². The number of hydrazine groups is 1. The number of fused-ring (bicyclic) bond motifs is 1. The molecule has 0 aromatic carbocycles. The Bertz CT molecular complexity index is 761. The number of hydrogen-bond donors (Lipinski definition) is 3. The number of allylic oxidation sites excluding steroid dienone is 1. The molecule has 3 N–H and O–H groups in total. The van der Waals surface area contributed by atoms with Crippen LogP contribution in [-0.2, 0) is 0 Å². The van der Waals surface area contributed by atoms with Crippen LogP contribution >= 0.6 is 11.3 Å². The average molecular weight is 302 g/mol. The molecule has 3 aromatic rings. The van der Waals surface area contributed by atoms with E-state index in [4.69, 9.17) is 0 Å². The van der Waals surface area contributed by atoms with Crippen molar-refractivity contribution >= 4 is 33.5 Å². The summed E-state index contributed by atoms with van der Waals surface area (Å²) in [6.45, 7) is 2.01. The molecule has 108 valence electrons. The third-order valence-electron chi connectivity index (χ3n) is 2.85. The fourth-order valence-corrected chi connectivity index (χ4v) is 2.33. The largest absolute Gasteiger partial charge is 0.329 e. The zero-order valence-corrected chi connectivity index (χ0v) is 12.3. The fraction of sp³-hybridized carbons (Fsp3) is 0.167. The van der Waals surface area contributed by atoms with Crippen molar-refractivity contribution in [2.24, 2.45) is 0 Å². The number of nitrogens with zero attached hydrogens (tertiary/aromatic N) is 5.